The summed E-state index contributed by atoms with van der Waals surface area (Å²) in [4.78, 5) is 50.4. The number of aromatic hydroxyl groups is 1. The normalized spacial score (nSPS) is 34.5. The topological polar surface area (TPSA) is 145 Å². The number of methoxy groups -OCH3 is 1. The second kappa shape index (κ2) is 6.63. The van der Waals surface area contributed by atoms with E-state index in [0.29, 0.717) is 16.9 Å². The smallest absolute Gasteiger partial charge is 0.258 e. The van der Waals surface area contributed by atoms with Gasteiger partial charge in [-0.3, -0.25) is 29.6 Å². The van der Waals surface area contributed by atoms with Crippen LogP contribution in [0.5, 0.6) is 11.5 Å². The fourth-order valence-electron chi connectivity index (χ4n) is 5.82. The number of allylic oxidation sites excluding steroid dienone is 2. The summed E-state index contributed by atoms with van der Waals surface area (Å²) < 4.78 is 5.12. The molecule has 1 aromatic carbocycles. The van der Waals surface area contributed by atoms with Gasteiger partial charge in [-0.05, 0) is 24.8 Å². The second-order valence-electron chi connectivity index (χ2n) is 8.43. The van der Waals surface area contributed by atoms with Crippen molar-refractivity contribution in [2.24, 2.45) is 29.6 Å². The molecule has 6 unspecified atom stereocenters. The number of carbonyl (C=O) groups excluding carboxylic acids is 4. The molecule has 2 aliphatic heterocycles. The van der Waals surface area contributed by atoms with Crippen LogP contribution in [0.25, 0.3) is 0 Å². The average molecular weight is 428 g/mol. The maximum Gasteiger partial charge on any atom is 0.258 e. The SMILES string of the molecule is COc1ccc(C2C3=CCC4C(=O)N(O)C(=O)C4C3CC3C(=O)N(O)C(=O)C32)c(O)c1. The van der Waals surface area contributed by atoms with Crippen LogP contribution in [-0.2, 0) is 19.2 Å². The Labute approximate surface area is 176 Å². The number of fused-ring (bicyclic) bond motifs is 4. The summed E-state index contributed by atoms with van der Waals surface area (Å²) in [6.45, 7) is 0. The molecule has 10 nitrogen and oxygen atoms in total. The van der Waals surface area contributed by atoms with Gasteiger partial charge in [-0.2, -0.15) is 10.1 Å². The molecule has 162 valence electrons. The van der Waals surface area contributed by atoms with Crippen LogP contribution in [0.3, 0.4) is 0 Å². The first-order chi connectivity index (χ1) is 14.8. The number of hydroxylamine groups is 4. The Kier molecular flexibility index (Phi) is 4.21. The first-order valence-corrected chi connectivity index (χ1v) is 9.96. The van der Waals surface area contributed by atoms with Gasteiger partial charge in [0.25, 0.3) is 23.6 Å². The molecule has 2 heterocycles. The fourth-order valence-corrected chi connectivity index (χ4v) is 5.82. The van der Waals surface area contributed by atoms with Crippen LogP contribution in [0.15, 0.2) is 29.8 Å². The van der Waals surface area contributed by atoms with Crippen LogP contribution in [0.1, 0.15) is 24.3 Å². The lowest BCUT2D eigenvalue weighted by molar-refractivity contribution is -0.174. The summed E-state index contributed by atoms with van der Waals surface area (Å²) in [6.07, 6.45) is 2.03. The van der Waals surface area contributed by atoms with E-state index in [2.05, 4.69) is 0 Å². The molecular formula is C21H20N2O8. The zero-order chi connectivity index (χ0) is 22.2. The zero-order valence-electron chi connectivity index (χ0n) is 16.5. The minimum absolute atomic E-state index is 0.0829. The molecule has 0 radical (unpaired) electrons. The molecule has 5 rings (SSSR count). The Morgan fingerprint density at radius 3 is 2.19 bits per heavy atom. The molecule has 2 saturated heterocycles. The summed E-state index contributed by atoms with van der Waals surface area (Å²) in [5.41, 5.74) is 1.01. The maximum atomic E-state index is 12.8. The van der Waals surface area contributed by atoms with E-state index in [1.807, 2.05) is 0 Å². The van der Waals surface area contributed by atoms with Gasteiger partial charge < -0.3 is 9.84 Å². The van der Waals surface area contributed by atoms with E-state index < -0.39 is 59.1 Å². The number of hydrogen-bond donors (Lipinski definition) is 3. The number of benzene rings is 1. The van der Waals surface area contributed by atoms with Gasteiger partial charge >= 0.3 is 0 Å². The van der Waals surface area contributed by atoms with Gasteiger partial charge in [-0.15, -0.1) is 0 Å². The molecule has 0 bridgehead atoms. The van der Waals surface area contributed by atoms with Gasteiger partial charge in [0.15, 0.2) is 0 Å². The van der Waals surface area contributed by atoms with Gasteiger partial charge in [0, 0.05) is 17.5 Å². The number of hydrogen-bond acceptors (Lipinski definition) is 8. The third-order valence-electron chi connectivity index (χ3n) is 7.17. The lowest BCUT2D eigenvalue weighted by Gasteiger charge is -2.43. The van der Waals surface area contributed by atoms with E-state index in [4.69, 9.17) is 4.74 Å². The maximum absolute atomic E-state index is 12.8. The molecule has 6 atom stereocenters. The second-order valence-corrected chi connectivity index (χ2v) is 8.43. The molecule has 1 saturated carbocycles. The Morgan fingerprint density at radius 2 is 1.55 bits per heavy atom. The van der Waals surface area contributed by atoms with Gasteiger partial charge in [-0.1, -0.05) is 17.7 Å². The van der Waals surface area contributed by atoms with Crippen molar-refractivity contribution < 1.29 is 39.4 Å². The summed E-state index contributed by atoms with van der Waals surface area (Å²) in [5, 5.41) is 30.8. The van der Waals surface area contributed by atoms with Crippen LogP contribution in [0.2, 0.25) is 0 Å². The molecule has 1 aromatic rings. The molecule has 3 fully saturated rings. The van der Waals surface area contributed by atoms with Crippen molar-refractivity contribution in [2.45, 2.75) is 18.8 Å². The van der Waals surface area contributed by atoms with Gasteiger partial charge in [0.05, 0.1) is 30.8 Å². The number of amides is 4. The highest BCUT2D eigenvalue weighted by molar-refractivity contribution is 6.06. The number of phenolic OH excluding ortho intramolecular Hbond substituents is 1. The molecular weight excluding hydrogens is 408 g/mol. The third kappa shape index (κ3) is 2.52. The van der Waals surface area contributed by atoms with E-state index in [1.54, 1.807) is 18.2 Å². The Bertz CT molecular complexity index is 1070. The lowest BCUT2D eigenvalue weighted by Crippen LogP contribution is -2.43. The van der Waals surface area contributed by atoms with E-state index in [9.17, 15) is 34.7 Å². The van der Waals surface area contributed by atoms with Crippen molar-refractivity contribution in [3.05, 3.63) is 35.4 Å². The van der Waals surface area contributed by atoms with Gasteiger partial charge in [0.1, 0.15) is 11.5 Å². The average Bonchev–Trinajstić information content (AvgIpc) is 3.12. The van der Waals surface area contributed by atoms with Gasteiger partial charge in [0.2, 0.25) is 0 Å². The van der Waals surface area contributed by atoms with Crippen LogP contribution in [0, 0.1) is 29.6 Å². The highest BCUT2D eigenvalue weighted by Gasteiger charge is 2.62. The Morgan fingerprint density at radius 1 is 0.903 bits per heavy atom. The minimum atomic E-state index is -0.951. The molecule has 2 aliphatic carbocycles. The minimum Gasteiger partial charge on any atom is -0.508 e. The fraction of sp³-hybridized carbons (Fsp3) is 0.429. The number of imide groups is 2. The van der Waals surface area contributed by atoms with Crippen LogP contribution in [-0.4, -0.2) is 56.4 Å². The van der Waals surface area contributed by atoms with Crippen molar-refractivity contribution in [3.8, 4) is 11.5 Å². The molecule has 0 spiro atoms. The first-order valence-electron chi connectivity index (χ1n) is 9.96. The van der Waals surface area contributed by atoms with Gasteiger partial charge in [-0.25, -0.2) is 0 Å². The highest BCUT2D eigenvalue weighted by Crippen LogP contribution is 2.58. The molecule has 0 aromatic heterocycles. The first kappa shape index (κ1) is 19.7. The van der Waals surface area contributed by atoms with E-state index in [1.165, 1.54) is 13.2 Å². The quantitative estimate of drug-likeness (QED) is 0.357. The van der Waals surface area contributed by atoms with E-state index >= 15 is 0 Å². The van der Waals surface area contributed by atoms with Crippen molar-refractivity contribution >= 4 is 23.6 Å². The molecule has 4 aliphatic rings. The van der Waals surface area contributed by atoms with Crippen LogP contribution < -0.4 is 4.74 Å². The molecule has 4 amide bonds. The predicted octanol–water partition coefficient (Wildman–Crippen LogP) is 0.815. The van der Waals surface area contributed by atoms with Crippen molar-refractivity contribution in [3.63, 3.8) is 0 Å². The van der Waals surface area contributed by atoms with Crippen molar-refractivity contribution in [1.29, 1.82) is 0 Å². The zero-order valence-corrected chi connectivity index (χ0v) is 16.5. The molecule has 10 heteroatoms. The number of rotatable bonds is 2. The van der Waals surface area contributed by atoms with Crippen LogP contribution >= 0.6 is 0 Å². The molecule has 31 heavy (non-hydrogen) atoms. The summed E-state index contributed by atoms with van der Waals surface area (Å²) in [6, 6.07) is 4.58. The predicted molar refractivity (Wildman–Crippen MR) is 99.4 cm³/mol. The highest BCUT2D eigenvalue weighted by atomic mass is 16.5. The Hall–Kier alpha value is -3.24. The summed E-state index contributed by atoms with van der Waals surface area (Å²) in [7, 11) is 1.44. The number of nitrogens with zero attached hydrogens (tertiary/aromatic N) is 2. The molecule has 3 N–H and O–H groups in total. The largest absolute Gasteiger partial charge is 0.508 e. The van der Waals surface area contributed by atoms with E-state index in [-0.39, 0.29) is 28.7 Å². The van der Waals surface area contributed by atoms with Crippen LogP contribution in [0.4, 0.5) is 0 Å². The van der Waals surface area contributed by atoms with Crippen molar-refractivity contribution in [1.82, 2.24) is 10.1 Å². The lowest BCUT2D eigenvalue weighted by atomic mass is 9.57. The number of carbonyl (C=O) groups is 4. The number of phenols is 1. The third-order valence-corrected chi connectivity index (χ3v) is 7.17. The monoisotopic (exact) mass is 428 g/mol. The summed E-state index contributed by atoms with van der Waals surface area (Å²) >= 11 is 0. The van der Waals surface area contributed by atoms with E-state index in [0.717, 1.165) is 0 Å². The van der Waals surface area contributed by atoms with Crippen molar-refractivity contribution in [2.75, 3.05) is 7.11 Å². The standard InChI is InChI=1S/C21H20N2O8/c1-31-8-2-3-10(14(24)6-8)15-9-4-5-11-16(20(27)22(29)18(11)25)12(9)7-13-17(15)21(28)23(30)19(13)26/h2-4,6,11-13,15-17,24,29-30H,5,7H2,1H3. The Balaban J connectivity index is 1.67. The number of ether oxygens (including phenoxy) is 1. The summed E-state index contributed by atoms with van der Waals surface area (Å²) in [5.74, 6) is -7.57.